The lowest BCUT2D eigenvalue weighted by Crippen LogP contribution is -2.28. The molecular formula is C27H28N2O4. The molecule has 6 nitrogen and oxygen atoms in total. The summed E-state index contributed by atoms with van der Waals surface area (Å²) in [5.74, 6) is 0.0634. The molecule has 0 unspecified atom stereocenters. The minimum atomic E-state index is -0.466. The number of nitrogens with zero attached hydrogens (tertiary/aromatic N) is 2. The van der Waals surface area contributed by atoms with Gasteiger partial charge in [-0.1, -0.05) is 54.6 Å². The molecule has 3 aromatic rings. The molecule has 0 atom stereocenters. The highest BCUT2D eigenvalue weighted by Gasteiger charge is 2.17. The fraction of sp³-hybridized carbons (Fsp3) is 0.222. The number of hydrogen-bond acceptors (Lipinski definition) is 4. The third-order valence-electron chi connectivity index (χ3n) is 5.59. The molecule has 0 saturated carbocycles. The minimum Gasteiger partial charge on any atom is -0.482 e. The van der Waals surface area contributed by atoms with Crippen LogP contribution in [0.3, 0.4) is 0 Å². The number of nitro groups is 1. The van der Waals surface area contributed by atoms with Crippen molar-refractivity contribution in [3.63, 3.8) is 0 Å². The highest BCUT2D eigenvalue weighted by atomic mass is 16.6. The van der Waals surface area contributed by atoms with Gasteiger partial charge in [0.1, 0.15) is 6.61 Å². The van der Waals surface area contributed by atoms with E-state index in [0.717, 1.165) is 22.3 Å². The molecule has 6 heteroatoms. The van der Waals surface area contributed by atoms with Crippen molar-refractivity contribution < 1.29 is 14.5 Å². The molecule has 0 aliphatic heterocycles. The van der Waals surface area contributed by atoms with Crippen LogP contribution in [0.5, 0.6) is 5.75 Å². The van der Waals surface area contributed by atoms with E-state index >= 15 is 0 Å². The van der Waals surface area contributed by atoms with Crippen LogP contribution in [0.15, 0.2) is 72.8 Å². The van der Waals surface area contributed by atoms with Crippen LogP contribution in [-0.2, 0) is 11.4 Å². The summed E-state index contributed by atoms with van der Waals surface area (Å²) in [5, 5.41) is 11.7. The summed E-state index contributed by atoms with van der Waals surface area (Å²) in [7, 11) is 0. The molecule has 0 radical (unpaired) electrons. The molecule has 0 spiro atoms. The molecule has 0 N–H and O–H groups in total. The summed E-state index contributed by atoms with van der Waals surface area (Å²) in [4.78, 5) is 25.0. The van der Waals surface area contributed by atoms with E-state index in [1.54, 1.807) is 23.1 Å². The fourth-order valence-corrected chi connectivity index (χ4v) is 3.64. The predicted octanol–water partition coefficient (Wildman–Crippen LogP) is 6.03. The number of carbonyl (C=O) groups is 1. The highest BCUT2D eigenvalue weighted by molar-refractivity contribution is 5.91. The summed E-state index contributed by atoms with van der Waals surface area (Å²) in [6.45, 7) is 7.27. The van der Waals surface area contributed by atoms with Gasteiger partial charge in [0, 0.05) is 25.2 Å². The maximum Gasteiger partial charge on any atom is 0.311 e. The van der Waals surface area contributed by atoms with Gasteiger partial charge in [-0.25, -0.2) is 0 Å². The van der Waals surface area contributed by atoms with E-state index in [2.05, 4.69) is 18.2 Å². The third kappa shape index (κ3) is 5.86. The SMILES string of the molecule is CCN(CC)C(=O)C=Cc1ccc(OCc2cccc(-c3ccccc3)c2C)c([N+](=O)[O-])c1. The van der Waals surface area contributed by atoms with Gasteiger partial charge in [0.15, 0.2) is 5.75 Å². The van der Waals surface area contributed by atoms with Crippen molar-refractivity contribution >= 4 is 17.7 Å². The molecule has 0 aliphatic carbocycles. The summed E-state index contributed by atoms with van der Waals surface area (Å²) in [5.41, 5.74) is 4.67. The Bertz CT molecular complexity index is 1150. The Labute approximate surface area is 194 Å². The second-order valence-corrected chi connectivity index (χ2v) is 7.57. The van der Waals surface area contributed by atoms with E-state index in [0.29, 0.717) is 18.7 Å². The van der Waals surface area contributed by atoms with Gasteiger partial charge in [-0.3, -0.25) is 14.9 Å². The van der Waals surface area contributed by atoms with E-state index in [-0.39, 0.29) is 24.0 Å². The average Bonchev–Trinajstić information content (AvgIpc) is 2.83. The Balaban J connectivity index is 1.79. The first-order valence-corrected chi connectivity index (χ1v) is 11.0. The lowest BCUT2D eigenvalue weighted by atomic mass is 9.97. The largest absolute Gasteiger partial charge is 0.482 e. The summed E-state index contributed by atoms with van der Waals surface area (Å²) < 4.78 is 5.87. The molecule has 0 heterocycles. The highest BCUT2D eigenvalue weighted by Crippen LogP contribution is 2.31. The monoisotopic (exact) mass is 444 g/mol. The third-order valence-corrected chi connectivity index (χ3v) is 5.59. The van der Waals surface area contributed by atoms with Gasteiger partial charge < -0.3 is 9.64 Å². The van der Waals surface area contributed by atoms with Crippen LogP contribution in [0.2, 0.25) is 0 Å². The van der Waals surface area contributed by atoms with Gasteiger partial charge in [-0.2, -0.15) is 0 Å². The fourth-order valence-electron chi connectivity index (χ4n) is 3.64. The molecule has 0 aromatic heterocycles. The van der Waals surface area contributed by atoms with E-state index < -0.39 is 4.92 Å². The number of rotatable bonds is 9. The van der Waals surface area contributed by atoms with Gasteiger partial charge in [0.05, 0.1) is 4.92 Å². The van der Waals surface area contributed by atoms with Gasteiger partial charge in [-0.15, -0.1) is 0 Å². The topological polar surface area (TPSA) is 72.7 Å². The van der Waals surface area contributed by atoms with Crippen LogP contribution in [0.1, 0.15) is 30.5 Å². The first-order valence-electron chi connectivity index (χ1n) is 11.0. The number of hydrogen-bond donors (Lipinski definition) is 0. The average molecular weight is 445 g/mol. The van der Waals surface area contributed by atoms with Crippen LogP contribution in [0, 0.1) is 17.0 Å². The Morgan fingerprint density at radius 1 is 1.03 bits per heavy atom. The van der Waals surface area contributed by atoms with Crippen LogP contribution in [0.25, 0.3) is 17.2 Å². The van der Waals surface area contributed by atoms with Crippen molar-refractivity contribution in [2.24, 2.45) is 0 Å². The van der Waals surface area contributed by atoms with Crippen molar-refractivity contribution in [1.29, 1.82) is 0 Å². The van der Waals surface area contributed by atoms with Crippen molar-refractivity contribution in [3.05, 3.63) is 99.6 Å². The molecular weight excluding hydrogens is 416 g/mol. The normalized spacial score (nSPS) is 10.9. The minimum absolute atomic E-state index is 0.128. The number of likely N-dealkylation sites (N-methyl/N-ethyl adjacent to an activating group) is 1. The maximum atomic E-state index is 12.2. The quantitative estimate of drug-likeness (QED) is 0.229. The van der Waals surface area contributed by atoms with Crippen LogP contribution < -0.4 is 4.74 Å². The van der Waals surface area contributed by atoms with Crippen LogP contribution in [-0.4, -0.2) is 28.8 Å². The standard InChI is InChI=1S/C27H28N2O4/c1-4-28(5-2)27(30)17-15-21-14-16-26(25(18-21)29(31)32)33-19-23-12-9-13-24(20(23)3)22-10-7-6-8-11-22/h6-18H,4-5,19H2,1-3H3. The number of carbonyl (C=O) groups excluding carboxylic acids is 1. The lowest BCUT2D eigenvalue weighted by molar-refractivity contribution is -0.386. The second kappa shape index (κ2) is 11.1. The molecule has 1 amide bonds. The molecule has 170 valence electrons. The van der Waals surface area contributed by atoms with E-state index in [9.17, 15) is 14.9 Å². The molecule has 0 saturated heterocycles. The van der Waals surface area contributed by atoms with E-state index in [1.165, 1.54) is 12.1 Å². The summed E-state index contributed by atoms with van der Waals surface area (Å²) in [6, 6.07) is 20.8. The second-order valence-electron chi connectivity index (χ2n) is 7.57. The predicted molar refractivity (Wildman–Crippen MR) is 131 cm³/mol. The maximum absolute atomic E-state index is 12.2. The van der Waals surface area contributed by atoms with E-state index in [4.69, 9.17) is 4.74 Å². The Kier molecular flexibility index (Phi) is 7.97. The molecule has 33 heavy (non-hydrogen) atoms. The molecule has 3 rings (SSSR count). The van der Waals surface area contributed by atoms with E-state index in [1.807, 2.05) is 51.1 Å². The first kappa shape index (κ1) is 23.7. The Morgan fingerprint density at radius 3 is 2.42 bits per heavy atom. The zero-order valence-corrected chi connectivity index (χ0v) is 19.2. The number of amides is 1. The number of benzene rings is 3. The van der Waals surface area contributed by atoms with Gasteiger partial charge in [0.2, 0.25) is 5.91 Å². The molecule has 0 fully saturated rings. The molecule has 3 aromatic carbocycles. The smallest absolute Gasteiger partial charge is 0.311 e. The number of nitro benzene ring substituents is 1. The summed E-state index contributed by atoms with van der Waals surface area (Å²) in [6.07, 6.45) is 3.02. The van der Waals surface area contributed by atoms with Crippen molar-refractivity contribution in [2.75, 3.05) is 13.1 Å². The van der Waals surface area contributed by atoms with Gasteiger partial charge >= 0.3 is 5.69 Å². The first-order chi connectivity index (χ1) is 15.9. The molecule has 0 bridgehead atoms. The van der Waals surface area contributed by atoms with Crippen molar-refractivity contribution in [3.8, 4) is 16.9 Å². The van der Waals surface area contributed by atoms with Crippen molar-refractivity contribution in [1.82, 2.24) is 4.90 Å². The Hall–Kier alpha value is -3.93. The zero-order valence-electron chi connectivity index (χ0n) is 19.2. The van der Waals surface area contributed by atoms with Crippen LogP contribution >= 0.6 is 0 Å². The summed E-state index contributed by atoms with van der Waals surface area (Å²) >= 11 is 0. The van der Waals surface area contributed by atoms with Crippen molar-refractivity contribution in [2.45, 2.75) is 27.4 Å². The lowest BCUT2D eigenvalue weighted by Gasteiger charge is -2.15. The van der Waals surface area contributed by atoms with Crippen LogP contribution in [0.4, 0.5) is 5.69 Å². The van der Waals surface area contributed by atoms with Gasteiger partial charge in [-0.05, 0) is 60.7 Å². The molecule has 0 aliphatic rings. The number of ether oxygens (including phenoxy) is 1. The zero-order chi connectivity index (χ0) is 23.8. The van der Waals surface area contributed by atoms with Gasteiger partial charge in [0.25, 0.3) is 0 Å². The Morgan fingerprint density at radius 2 is 1.76 bits per heavy atom.